The molecule has 0 fully saturated rings. The molecule has 7 nitrogen and oxygen atoms in total. The number of sulfonamides is 1. The summed E-state index contributed by atoms with van der Waals surface area (Å²) in [5.41, 5.74) is 1.91. The van der Waals surface area contributed by atoms with Gasteiger partial charge in [-0.05, 0) is 67.8 Å². The fraction of sp³-hybridized carbons (Fsp3) is 0.286. The summed E-state index contributed by atoms with van der Waals surface area (Å²) in [7, 11) is -4.17. The van der Waals surface area contributed by atoms with Crippen LogP contribution in [0.3, 0.4) is 0 Å². The molecule has 1 N–H and O–H groups in total. The predicted octanol–water partition coefficient (Wildman–Crippen LogP) is 4.27. The fourth-order valence-electron chi connectivity index (χ4n) is 3.81. The Bertz CT molecular complexity index is 1310. The van der Waals surface area contributed by atoms with Crippen LogP contribution in [-0.2, 0) is 26.2 Å². The molecule has 0 aliphatic rings. The molecule has 0 radical (unpaired) electrons. The molecule has 0 saturated carbocycles. The average molecular weight is 526 g/mol. The van der Waals surface area contributed by atoms with Gasteiger partial charge in [-0.15, -0.1) is 0 Å². The second-order valence-electron chi connectivity index (χ2n) is 8.72. The Balaban J connectivity index is 2.01. The molecule has 37 heavy (non-hydrogen) atoms. The van der Waals surface area contributed by atoms with Crippen LogP contribution in [0.1, 0.15) is 31.4 Å². The van der Waals surface area contributed by atoms with Crippen LogP contribution >= 0.6 is 0 Å². The molecule has 0 bridgehead atoms. The molecule has 3 aromatic rings. The number of nitrogens with zero attached hydrogens (tertiary/aromatic N) is 2. The van der Waals surface area contributed by atoms with Crippen molar-refractivity contribution in [2.24, 2.45) is 0 Å². The standard InChI is InChI=1S/C28H32FN3O4S/c1-4-18-30-28(34)22(3)31(19-23-11-9-8-10-21(23)2)27(33)20-32(25-16-14-24(29)15-17-25)37(35,36)26-12-6-5-7-13-26/h5-17,22H,4,18-20H2,1-3H3,(H,30,34)/t22-/m1/s1. The van der Waals surface area contributed by atoms with Gasteiger partial charge in [0.2, 0.25) is 11.8 Å². The van der Waals surface area contributed by atoms with E-state index in [0.29, 0.717) is 6.54 Å². The number of carbonyl (C=O) groups excluding carboxylic acids is 2. The van der Waals surface area contributed by atoms with Gasteiger partial charge in [0.1, 0.15) is 18.4 Å². The van der Waals surface area contributed by atoms with Gasteiger partial charge in [0, 0.05) is 13.1 Å². The van der Waals surface area contributed by atoms with Gasteiger partial charge in [-0.2, -0.15) is 0 Å². The van der Waals surface area contributed by atoms with Gasteiger partial charge in [-0.25, -0.2) is 12.8 Å². The third-order valence-corrected chi connectivity index (χ3v) is 7.83. The van der Waals surface area contributed by atoms with Gasteiger partial charge < -0.3 is 10.2 Å². The van der Waals surface area contributed by atoms with Crippen molar-refractivity contribution in [3.8, 4) is 0 Å². The fourth-order valence-corrected chi connectivity index (χ4v) is 5.24. The lowest BCUT2D eigenvalue weighted by molar-refractivity contribution is -0.139. The molecule has 0 aromatic heterocycles. The maximum atomic E-state index is 13.8. The Hall–Kier alpha value is -3.72. The molecular weight excluding hydrogens is 493 g/mol. The van der Waals surface area contributed by atoms with E-state index in [2.05, 4.69) is 5.32 Å². The number of benzene rings is 3. The van der Waals surface area contributed by atoms with Crippen molar-refractivity contribution < 1.29 is 22.4 Å². The van der Waals surface area contributed by atoms with Crippen LogP contribution in [0.2, 0.25) is 0 Å². The average Bonchev–Trinajstić information content (AvgIpc) is 2.90. The van der Waals surface area contributed by atoms with Gasteiger partial charge in [0.15, 0.2) is 0 Å². The van der Waals surface area contributed by atoms with Gasteiger partial charge in [0.05, 0.1) is 10.6 Å². The molecule has 0 aliphatic heterocycles. The van der Waals surface area contributed by atoms with Crippen LogP contribution in [0.4, 0.5) is 10.1 Å². The second kappa shape index (κ2) is 12.5. The Morgan fingerprint density at radius 2 is 1.57 bits per heavy atom. The van der Waals surface area contributed by atoms with Crippen molar-refractivity contribution >= 4 is 27.5 Å². The Morgan fingerprint density at radius 1 is 0.946 bits per heavy atom. The number of anilines is 1. The van der Waals surface area contributed by atoms with Crippen molar-refractivity contribution in [1.29, 1.82) is 0 Å². The first-order valence-corrected chi connectivity index (χ1v) is 13.5. The van der Waals surface area contributed by atoms with Gasteiger partial charge in [-0.1, -0.05) is 49.4 Å². The van der Waals surface area contributed by atoms with E-state index in [0.717, 1.165) is 34.0 Å². The zero-order valence-corrected chi connectivity index (χ0v) is 22.0. The predicted molar refractivity (Wildman–Crippen MR) is 142 cm³/mol. The first-order chi connectivity index (χ1) is 17.6. The van der Waals surface area contributed by atoms with Crippen LogP contribution in [-0.4, -0.2) is 44.3 Å². The van der Waals surface area contributed by atoms with Crippen molar-refractivity contribution in [2.45, 2.75) is 44.7 Å². The number of hydrogen-bond acceptors (Lipinski definition) is 4. The summed E-state index contributed by atoms with van der Waals surface area (Å²) in [6.45, 7) is 5.46. The topological polar surface area (TPSA) is 86.8 Å². The number of rotatable bonds is 11. The minimum Gasteiger partial charge on any atom is -0.354 e. The number of nitrogens with one attached hydrogen (secondary N) is 1. The lowest BCUT2D eigenvalue weighted by Gasteiger charge is -2.32. The Kier molecular flexibility index (Phi) is 9.41. The third-order valence-electron chi connectivity index (χ3n) is 6.04. The van der Waals surface area contributed by atoms with Crippen molar-refractivity contribution in [2.75, 3.05) is 17.4 Å². The number of hydrogen-bond donors (Lipinski definition) is 1. The molecule has 0 unspecified atom stereocenters. The molecule has 0 saturated heterocycles. The first-order valence-electron chi connectivity index (χ1n) is 12.1. The zero-order valence-electron chi connectivity index (χ0n) is 21.2. The highest BCUT2D eigenvalue weighted by Crippen LogP contribution is 2.25. The van der Waals surface area contributed by atoms with Crippen molar-refractivity contribution in [3.05, 3.63) is 95.8 Å². The first kappa shape index (κ1) is 27.9. The summed E-state index contributed by atoms with van der Waals surface area (Å²) in [4.78, 5) is 28.0. The van der Waals surface area contributed by atoms with E-state index in [1.165, 1.54) is 29.2 Å². The molecule has 196 valence electrons. The summed E-state index contributed by atoms with van der Waals surface area (Å²) in [6.07, 6.45) is 0.734. The molecule has 0 heterocycles. The number of amides is 2. The second-order valence-corrected chi connectivity index (χ2v) is 10.6. The molecule has 0 aliphatic carbocycles. The minimum absolute atomic E-state index is 0.00804. The normalized spacial score (nSPS) is 12.0. The molecule has 1 atom stereocenters. The highest BCUT2D eigenvalue weighted by Gasteiger charge is 2.32. The summed E-state index contributed by atoms with van der Waals surface area (Å²) in [5, 5.41) is 2.81. The number of carbonyl (C=O) groups is 2. The van der Waals surface area contributed by atoms with Crippen LogP contribution in [0.5, 0.6) is 0 Å². The molecule has 9 heteroatoms. The molecule has 0 spiro atoms. The molecule has 3 rings (SSSR count). The summed E-state index contributed by atoms with van der Waals surface area (Å²) < 4.78 is 41.8. The Morgan fingerprint density at radius 3 is 2.19 bits per heavy atom. The van der Waals surface area contributed by atoms with Gasteiger partial charge >= 0.3 is 0 Å². The maximum absolute atomic E-state index is 13.8. The summed E-state index contributed by atoms with van der Waals surface area (Å²) >= 11 is 0. The third kappa shape index (κ3) is 6.95. The zero-order chi connectivity index (χ0) is 27.0. The van der Waals surface area contributed by atoms with E-state index >= 15 is 0 Å². The monoisotopic (exact) mass is 525 g/mol. The minimum atomic E-state index is -4.17. The highest BCUT2D eigenvalue weighted by atomic mass is 32.2. The van der Waals surface area contributed by atoms with E-state index in [9.17, 15) is 22.4 Å². The van der Waals surface area contributed by atoms with Crippen LogP contribution in [0.25, 0.3) is 0 Å². The smallest absolute Gasteiger partial charge is 0.264 e. The molecule has 2 amide bonds. The van der Waals surface area contributed by atoms with Crippen molar-refractivity contribution in [3.63, 3.8) is 0 Å². The molecular formula is C28H32FN3O4S. The van der Waals surface area contributed by atoms with E-state index in [4.69, 9.17) is 0 Å². The van der Waals surface area contributed by atoms with Crippen LogP contribution < -0.4 is 9.62 Å². The van der Waals surface area contributed by atoms with E-state index in [-0.39, 0.29) is 23.0 Å². The number of halogens is 1. The summed E-state index contributed by atoms with van der Waals surface area (Å²) in [5.74, 6) is -1.43. The van der Waals surface area contributed by atoms with E-state index in [1.54, 1.807) is 25.1 Å². The van der Waals surface area contributed by atoms with E-state index in [1.807, 2.05) is 38.1 Å². The SMILES string of the molecule is CCCNC(=O)[C@@H](C)N(Cc1ccccc1C)C(=O)CN(c1ccc(F)cc1)S(=O)(=O)c1ccccc1. The van der Waals surface area contributed by atoms with Crippen molar-refractivity contribution in [1.82, 2.24) is 10.2 Å². The van der Waals surface area contributed by atoms with Crippen LogP contribution in [0.15, 0.2) is 83.8 Å². The van der Waals surface area contributed by atoms with Crippen LogP contribution in [0, 0.1) is 12.7 Å². The van der Waals surface area contributed by atoms with Gasteiger partial charge in [0.25, 0.3) is 10.0 Å². The van der Waals surface area contributed by atoms with Gasteiger partial charge in [-0.3, -0.25) is 13.9 Å². The van der Waals surface area contributed by atoms with E-state index < -0.39 is 34.3 Å². The highest BCUT2D eigenvalue weighted by molar-refractivity contribution is 7.92. The lowest BCUT2D eigenvalue weighted by atomic mass is 10.1. The maximum Gasteiger partial charge on any atom is 0.264 e. The quantitative estimate of drug-likeness (QED) is 0.405. The summed E-state index contributed by atoms with van der Waals surface area (Å²) in [6, 6.07) is 19.3. The number of aryl methyl sites for hydroxylation is 1. The lowest BCUT2D eigenvalue weighted by Crippen LogP contribution is -2.51. The Labute approximate surface area is 218 Å². The largest absolute Gasteiger partial charge is 0.354 e. The molecule has 3 aromatic carbocycles.